The number of rotatable bonds is 6. The van der Waals surface area contributed by atoms with Crippen molar-refractivity contribution in [3.8, 4) is 5.75 Å². The number of halogens is 3. The summed E-state index contributed by atoms with van der Waals surface area (Å²) in [6, 6.07) is 9.52. The number of carbonyl (C=O) groups excluding carboxylic acids is 2. The molecule has 1 N–H and O–H groups in total. The number of anilines is 1. The van der Waals surface area contributed by atoms with Gasteiger partial charge >= 0.3 is 5.97 Å². The lowest BCUT2D eigenvalue weighted by atomic mass is 10.2. The molecule has 0 aliphatic rings. The van der Waals surface area contributed by atoms with Crippen LogP contribution in [0.4, 0.5) is 5.69 Å². The van der Waals surface area contributed by atoms with Gasteiger partial charge in [0.25, 0.3) is 5.91 Å². The molecule has 0 radical (unpaired) electrons. The minimum Gasteiger partial charge on any atom is -0.483 e. The van der Waals surface area contributed by atoms with Crippen LogP contribution in [0.15, 0.2) is 40.9 Å². The van der Waals surface area contributed by atoms with Gasteiger partial charge in [-0.1, -0.05) is 23.2 Å². The Balaban J connectivity index is 1.96. The summed E-state index contributed by atoms with van der Waals surface area (Å²) >= 11 is 15.2. The van der Waals surface area contributed by atoms with Crippen molar-refractivity contribution in [1.82, 2.24) is 0 Å². The Kier molecular flexibility index (Phi) is 7.11. The summed E-state index contributed by atoms with van der Waals surface area (Å²) in [5.74, 6) is -0.390. The van der Waals surface area contributed by atoms with Gasteiger partial charge in [-0.2, -0.15) is 0 Å². The van der Waals surface area contributed by atoms with E-state index in [0.717, 1.165) is 0 Å². The number of hydrogen-bond acceptors (Lipinski definition) is 4. The van der Waals surface area contributed by atoms with Crippen LogP contribution in [0.2, 0.25) is 10.0 Å². The van der Waals surface area contributed by atoms with Crippen LogP contribution in [0, 0.1) is 0 Å². The standard InChI is InChI=1S/C17H14BrCl2NO4/c1-2-24-17(23)12-5-4-11(8-14(12)20)21-16(22)9-25-15-6-3-10(19)7-13(15)18/h3-8H,2,9H2,1H3,(H,21,22). The number of nitrogens with one attached hydrogen (secondary N) is 1. The number of carbonyl (C=O) groups is 2. The maximum atomic E-state index is 12.0. The number of amides is 1. The summed E-state index contributed by atoms with van der Waals surface area (Å²) < 4.78 is 11.0. The molecule has 2 aromatic rings. The van der Waals surface area contributed by atoms with Crippen LogP contribution in [0.3, 0.4) is 0 Å². The second kappa shape index (κ2) is 9.08. The number of hydrogen-bond donors (Lipinski definition) is 1. The summed E-state index contributed by atoms with van der Waals surface area (Å²) in [5, 5.41) is 3.39. The molecule has 0 saturated carbocycles. The predicted molar refractivity (Wildman–Crippen MR) is 101 cm³/mol. The first-order chi connectivity index (χ1) is 11.9. The average Bonchev–Trinajstić information content (AvgIpc) is 2.54. The van der Waals surface area contributed by atoms with Crippen LogP contribution >= 0.6 is 39.1 Å². The molecule has 0 spiro atoms. The van der Waals surface area contributed by atoms with Crippen molar-refractivity contribution in [3.63, 3.8) is 0 Å². The Labute approximate surface area is 163 Å². The molecular weight excluding hydrogens is 433 g/mol. The van der Waals surface area contributed by atoms with Crippen LogP contribution in [0.1, 0.15) is 17.3 Å². The maximum absolute atomic E-state index is 12.0. The van der Waals surface area contributed by atoms with Crippen molar-refractivity contribution >= 4 is 56.7 Å². The molecule has 0 heterocycles. The van der Waals surface area contributed by atoms with E-state index >= 15 is 0 Å². The molecule has 25 heavy (non-hydrogen) atoms. The van der Waals surface area contributed by atoms with Gasteiger partial charge in [-0.15, -0.1) is 0 Å². The van der Waals surface area contributed by atoms with E-state index in [1.54, 1.807) is 31.2 Å². The van der Waals surface area contributed by atoms with E-state index in [1.807, 2.05) is 0 Å². The van der Waals surface area contributed by atoms with Gasteiger partial charge in [-0.25, -0.2) is 4.79 Å². The highest BCUT2D eigenvalue weighted by molar-refractivity contribution is 9.10. The third kappa shape index (κ3) is 5.63. The third-order valence-electron chi connectivity index (χ3n) is 3.00. The van der Waals surface area contributed by atoms with Crippen LogP contribution < -0.4 is 10.1 Å². The quantitative estimate of drug-likeness (QED) is 0.637. The van der Waals surface area contributed by atoms with E-state index in [9.17, 15) is 9.59 Å². The lowest BCUT2D eigenvalue weighted by molar-refractivity contribution is -0.118. The van der Waals surface area contributed by atoms with E-state index in [4.69, 9.17) is 32.7 Å². The fourth-order valence-corrected chi connectivity index (χ4v) is 2.95. The van der Waals surface area contributed by atoms with E-state index < -0.39 is 5.97 Å². The van der Waals surface area contributed by atoms with Gasteiger partial charge in [0.05, 0.1) is 21.7 Å². The van der Waals surface area contributed by atoms with Crippen molar-refractivity contribution < 1.29 is 19.1 Å². The molecule has 2 rings (SSSR count). The molecule has 0 saturated heterocycles. The molecule has 0 aromatic heterocycles. The minimum absolute atomic E-state index is 0.192. The van der Waals surface area contributed by atoms with Gasteiger partial charge in [0.15, 0.2) is 6.61 Å². The van der Waals surface area contributed by atoms with Crippen LogP contribution in [0.5, 0.6) is 5.75 Å². The lowest BCUT2D eigenvalue weighted by Gasteiger charge is -2.10. The Morgan fingerprint density at radius 1 is 1.16 bits per heavy atom. The first-order valence-electron chi connectivity index (χ1n) is 7.25. The summed E-state index contributed by atoms with van der Waals surface area (Å²) in [7, 11) is 0. The average molecular weight is 447 g/mol. The van der Waals surface area contributed by atoms with Crippen LogP contribution in [0.25, 0.3) is 0 Å². The normalized spacial score (nSPS) is 10.2. The molecule has 8 heteroatoms. The molecule has 5 nitrogen and oxygen atoms in total. The van der Waals surface area contributed by atoms with Gasteiger partial charge in [0, 0.05) is 10.7 Å². The molecule has 0 bridgehead atoms. The van der Waals surface area contributed by atoms with Gasteiger partial charge in [0.1, 0.15) is 5.75 Å². The van der Waals surface area contributed by atoms with Crippen molar-refractivity contribution in [1.29, 1.82) is 0 Å². The monoisotopic (exact) mass is 445 g/mol. The van der Waals surface area contributed by atoms with Crippen molar-refractivity contribution in [2.24, 2.45) is 0 Å². The number of ether oxygens (including phenoxy) is 2. The molecule has 0 fully saturated rings. The van der Waals surface area contributed by atoms with E-state index in [1.165, 1.54) is 12.1 Å². The Morgan fingerprint density at radius 3 is 2.56 bits per heavy atom. The zero-order valence-electron chi connectivity index (χ0n) is 13.1. The Bertz CT molecular complexity index is 798. The predicted octanol–water partition coefficient (Wildman–Crippen LogP) is 4.95. The van der Waals surface area contributed by atoms with Gasteiger partial charge in [0.2, 0.25) is 0 Å². The molecule has 1 amide bonds. The Morgan fingerprint density at radius 2 is 1.92 bits per heavy atom. The maximum Gasteiger partial charge on any atom is 0.339 e. The topological polar surface area (TPSA) is 64.6 Å². The first-order valence-corrected chi connectivity index (χ1v) is 8.80. The summed E-state index contributed by atoms with van der Waals surface area (Å²) in [6.45, 7) is 1.77. The first kappa shape index (κ1) is 19.6. The van der Waals surface area contributed by atoms with Crippen LogP contribution in [-0.2, 0) is 9.53 Å². The lowest BCUT2D eigenvalue weighted by Crippen LogP contribution is -2.20. The van der Waals surface area contributed by atoms with E-state index in [2.05, 4.69) is 21.2 Å². The highest BCUT2D eigenvalue weighted by Crippen LogP contribution is 2.28. The Hall–Kier alpha value is -1.76. The number of benzene rings is 2. The highest BCUT2D eigenvalue weighted by atomic mass is 79.9. The molecule has 132 valence electrons. The van der Waals surface area contributed by atoms with E-state index in [0.29, 0.717) is 20.9 Å². The summed E-state index contributed by atoms with van der Waals surface area (Å²) in [6.07, 6.45) is 0. The SMILES string of the molecule is CCOC(=O)c1ccc(NC(=O)COc2ccc(Cl)cc2Br)cc1Cl. The second-order valence-corrected chi connectivity index (χ2v) is 6.52. The molecule has 0 atom stereocenters. The largest absolute Gasteiger partial charge is 0.483 e. The molecule has 2 aromatic carbocycles. The third-order valence-corrected chi connectivity index (χ3v) is 4.17. The molecule has 0 aliphatic carbocycles. The van der Waals surface area contributed by atoms with Crippen LogP contribution in [-0.4, -0.2) is 25.1 Å². The second-order valence-electron chi connectivity index (χ2n) is 4.83. The zero-order chi connectivity index (χ0) is 18.4. The van der Waals surface area contributed by atoms with Crippen molar-refractivity contribution in [2.45, 2.75) is 6.92 Å². The highest BCUT2D eigenvalue weighted by Gasteiger charge is 2.13. The van der Waals surface area contributed by atoms with Crippen molar-refractivity contribution in [3.05, 3.63) is 56.5 Å². The fraction of sp³-hybridized carbons (Fsp3) is 0.176. The summed E-state index contributed by atoms with van der Waals surface area (Å²) in [4.78, 5) is 23.7. The van der Waals surface area contributed by atoms with Gasteiger partial charge in [-0.05, 0) is 59.3 Å². The molecular formula is C17H14BrCl2NO4. The fourth-order valence-electron chi connectivity index (χ4n) is 1.90. The number of esters is 1. The van der Waals surface area contributed by atoms with Crippen molar-refractivity contribution in [2.75, 3.05) is 18.5 Å². The summed E-state index contributed by atoms with van der Waals surface area (Å²) in [5.41, 5.74) is 0.685. The molecule has 0 unspecified atom stereocenters. The zero-order valence-corrected chi connectivity index (χ0v) is 16.2. The minimum atomic E-state index is -0.513. The molecule has 0 aliphatic heterocycles. The van der Waals surface area contributed by atoms with Gasteiger partial charge < -0.3 is 14.8 Å². The smallest absolute Gasteiger partial charge is 0.339 e. The van der Waals surface area contributed by atoms with Gasteiger partial charge in [-0.3, -0.25) is 4.79 Å². The van der Waals surface area contributed by atoms with E-state index in [-0.39, 0.29) is 29.7 Å².